The number of methoxy groups -OCH3 is 1. The van der Waals surface area contributed by atoms with Gasteiger partial charge in [-0.3, -0.25) is 19.4 Å². The van der Waals surface area contributed by atoms with E-state index in [-0.39, 0.29) is 54.3 Å². The van der Waals surface area contributed by atoms with Crippen LogP contribution in [0.4, 0.5) is 4.79 Å². The average molecular weight is 679 g/mol. The molecule has 3 heterocycles. The number of ether oxygens (including phenoxy) is 3. The Kier molecular flexibility index (Phi) is 10.2. The number of guanidine groups is 1. The van der Waals surface area contributed by atoms with Crippen LogP contribution in [0.5, 0.6) is 11.5 Å². The Balaban J connectivity index is 1.15. The normalized spacial score (nSPS) is 27.2. The van der Waals surface area contributed by atoms with Gasteiger partial charge in [0.25, 0.3) is 0 Å². The van der Waals surface area contributed by atoms with Crippen LogP contribution in [0.15, 0.2) is 29.0 Å². The van der Waals surface area contributed by atoms with Gasteiger partial charge in [-0.2, -0.15) is 0 Å². The van der Waals surface area contributed by atoms with Crippen LogP contribution in [0.1, 0.15) is 75.8 Å². The number of carbonyl (C=O) groups excluding carboxylic acids is 4. The van der Waals surface area contributed by atoms with Crippen molar-refractivity contribution < 1.29 is 33.4 Å². The van der Waals surface area contributed by atoms with Crippen LogP contribution in [-0.2, 0) is 31.0 Å². The molecule has 0 aromatic heterocycles. The molecular weight excluding hydrogens is 628 g/mol. The van der Waals surface area contributed by atoms with Crippen LogP contribution >= 0.6 is 0 Å². The lowest BCUT2D eigenvalue weighted by atomic mass is 9.53. The maximum absolute atomic E-state index is 14.0. The van der Waals surface area contributed by atoms with Gasteiger partial charge in [0.15, 0.2) is 23.6 Å². The minimum atomic E-state index is -0.637. The highest BCUT2D eigenvalue weighted by Gasteiger charge is 2.65. The second-order valence-corrected chi connectivity index (χ2v) is 14.3. The van der Waals surface area contributed by atoms with Gasteiger partial charge in [-0.1, -0.05) is 6.07 Å². The second-order valence-electron chi connectivity index (χ2n) is 14.3. The van der Waals surface area contributed by atoms with Crippen LogP contribution < -0.4 is 26.3 Å². The van der Waals surface area contributed by atoms with Crippen molar-refractivity contribution in [3.8, 4) is 11.5 Å². The van der Waals surface area contributed by atoms with E-state index in [9.17, 15) is 19.2 Å². The van der Waals surface area contributed by atoms with E-state index in [2.05, 4.69) is 28.3 Å². The van der Waals surface area contributed by atoms with E-state index in [4.69, 9.17) is 25.7 Å². The Hall–Kier alpha value is -4.13. The van der Waals surface area contributed by atoms with Crippen molar-refractivity contribution in [3.05, 3.63) is 35.1 Å². The zero-order chi connectivity index (χ0) is 34.9. The number of nitrogens with two attached hydrogens (primary N) is 2. The molecule has 6 rings (SSSR count). The first-order valence-electron chi connectivity index (χ1n) is 17.6. The Morgan fingerprint density at radius 3 is 2.76 bits per heavy atom. The Labute approximate surface area is 287 Å². The summed E-state index contributed by atoms with van der Waals surface area (Å²) in [5.74, 6) is 0.872. The molecule has 49 heavy (non-hydrogen) atoms. The van der Waals surface area contributed by atoms with Crippen LogP contribution in [-0.4, -0.2) is 97.9 Å². The molecule has 13 heteroatoms. The summed E-state index contributed by atoms with van der Waals surface area (Å²) in [5.41, 5.74) is 13.1. The number of rotatable bonds is 13. The molecule has 1 aromatic carbocycles. The minimum absolute atomic E-state index is 0.0378. The molecule has 1 spiro atoms. The van der Waals surface area contributed by atoms with Crippen LogP contribution in [0.3, 0.4) is 0 Å². The molecule has 6 atom stereocenters. The largest absolute Gasteiger partial charge is 0.493 e. The summed E-state index contributed by atoms with van der Waals surface area (Å²) in [6.07, 6.45) is 6.90. The maximum atomic E-state index is 14.0. The number of nitrogens with zero attached hydrogens (tertiary/aromatic N) is 3. The fourth-order valence-electron chi connectivity index (χ4n) is 9.04. The van der Waals surface area contributed by atoms with Gasteiger partial charge in [-0.15, -0.1) is 0 Å². The van der Waals surface area contributed by atoms with E-state index in [1.807, 2.05) is 12.1 Å². The van der Waals surface area contributed by atoms with Gasteiger partial charge in [-0.05, 0) is 95.5 Å². The van der Waals surface area contributed by atoms with Crippen molar-refractivity contribution in [3.63, 3.8) is 0 Å². The maximum Gasteiger partial charge on any atom is 0.415 e. The van der Waals surface area contributed by atoms with Crippen molar-refractivity contribution in [2.45, 2.75) is 94.7 Å². The summed E-state index contributed by atoms with van der Waals surface area (Å²) in [5, 5.41) is 2.99. The zero-order valence-electron chi connectivity index (χ0n) is 28.9. The molecule has 3 aliphatic heterocycles. The summed E-state index contributed by atoms with van der Waals surface area (Å²) < 4.78 is 18.8. The first-order chi connectivity index (χ1) is 23.5. The number of ketones is 2. The molecule has 0 radical (unpaired) electrons. The van der Waals surface area contributed by atoms with Crippen molar-refractivity contribution in [1.82, 2.24) is 15.1 Å². The molecular formula is C36H50N6O7. The van der Waals surface area contributed by atoms with Gasteiger partial charge in [0.05, 0.1) is 19.6 Å². The summed E-state index contributed by atoms with van der Waals surface area (Å²) in [6.45, 7) is 3.35. The van der Waals surface area contributed by atoms with Gasteiger partial charge in [0.2, 0.25) is 5.91 Å². The smallest absolute Gasteiger partial charge is 0.415 e. The standard InChI is InChI=1S/C36H50N6O7/c1-21(43)17-25(44)18-23(7-6-14-39-34(37)38)33(45)40-20-24-8-4-5-15-42(24)35(46)48-29-12-10-26-27-19-22-9-11-28(47-3)31-30(22)36(26,32(29)49-31)13-16-41(27)2/h9,11-12,23-24,26-27,32H,4-8,10,13-20H2,1-3H3,(H,40,45)(H4,37,38,39)/t23-,24-,26?,27-,32?,36+/m1/s1. The van der Waals surface area contributed by atoms with Crippen molar-refractivity contribution in [2.75, 3.05) is 40.3 Å². The lowest BCUT2D eigenvalue weighted by Crippen LogP contribution is -2.63. The van der Waals surface area contributed by atoms with Gasteiger partial charge < -0.3 is 40.8 Å². The highest BCUT2D eigenvalue weighted by Crippen LogP contribution is 2.63. The third-order valence-corrected chi connectivity index (χ3v) is 11.3. The Morgan fingerprint density at radius 2 is 2.00 bits per heavy atom. The predicted molar refractivity (Wildman–Crippen MR) is 182 cm³/mol. The zero-order valence-corrected chi connectivity index (χ0v) is 28.9. The molecule has 2 unspecified atom stereocenters. The number of likely N-dealkylation sites (tertiary alicyclic amines) is 2. The van der Waals surface area contributed by atoms with Gasteiger partial charge in [0, 0.05) is 49.0 Å². The van der Waals surface area contributed by atoms with Crippen molar-refractivity contribution >= 4 is 29.5 Å². The van der Waals surface area contributed by atoms with E-state index in [0.717, 1.165) is 44.4 Å². The van der Waals surface area contributed by atoms with E-state index >= 15 is 0 Å². The number of hydrogen-bond acceptors (Lipinski definition) is 9. The number of aliphatic imine (C=N–C) groups is 1. The second kappa shape index (κ2) is 14.4. The molecule has 2 saturated heterocycles. The third kappa shape index (κ3) is 6.73. The van der Waals surface area contributed by atoms with Crippen molar-refractivity contribution in [2.24, 2.45) is 28.3 Å². The summed E-state index contributed by atoms with van der Waals surface area (Å²) >= 11 is 0. The molecule has 13 nitrogen and oxygen atoms in total. The molecule has 266 valence electrons. The topological polar surface area (TPSA) is 179 Å². The average Bonchev–Trinajstić information content (AvgIpc) is 3.42. The van der Waals surface area contributed by atoms with Gasteiger partial charge in [0.1, 0.15) is 17.3 Å². The molecule has 5 aliphatic rings. The number of piperidine rings is 2. The number of benzene rings is 1. The fourth-order valence-corrected chi connectivity index (χ4v) is 9.04. The molecule has 2 bridgehead atoms. The molecule has 1 aromatic rings. The third-order valence-electron chi connectivity index (χ3n) is 11.3. The number of hydrogen-bond donors (Lipinski definition) is 3. The van der Waals surface area contributed by atoms with E-state index in [1.165, 1.54) is 18.1 Å². The van der Waals surface area contributed by atoms with E-state index < -0.39 is 18.1 Å². The van der Waals surface area contributed by atoms with Crippen LogP contribution in [0, 0.1) is 11.8 Å². The van der Waals surface area contributed by atoms with Gasteiger partial charge in [-0.25, -0.2) is 4.79 Å². The highest BCUT2D eigenvalue weighted by atomic mass is 16.6. The number of likely N-dealkylation sites (N-methyl/N-ethyl adjacent to an activating group) is 1. The van der Waals surface area contributed by atoms with E-state index in [1.54, 1.807) is 12.0 Å². The Bertz CT molecular complexity index is 1540. The molecule has 5 N–H and O–H groups in total. The quantitative estimate of drug-likeness (QED) is 0.122. The first kappa shape index (κ1) is 34.7. The SMILES string of the molecule is COc1ccc2c3c1OC1C(OC(=O)N4CCCC[C@@H]4CNC(=O)[C@H](CCCN=C(N)N)CC(=O)CC(C)=O)=CCC4[C@@H](C2)N(C)CC[C@]314. The highest BCUT2D eigenvalue weighted by molar-refractivity contribution is 5.99. The number of carbonyl (C=O) groups is 4. The molecule has 2 aliphatic carbocycles. The number of allylic oxidation sites excluding steroid dienone is 1. The predicted octanol–water partition coefficient (Wildman–Crippen LogP) is 2.57. The lowest BCUT2D eigenvalue weighted by molar-refractivity contribution is -0.132. The van der Waals surface area contributed by atoms with Crippen molar-refractivity contribution in [1.29, 1.82) is 0 Å². The number of Topliss-reactive ketones (excluding diaryl/α,β-unsaturated/α-hetero) is 2. The molecule has 0 saturated carbocycles. The molecule has 2 amide bonds. The molecule has 2 fully saturated rings. The fraction of sp³-hybridized carbons (Fsp3) is 0.639. The number of nitrogens with one attached hydrogen (secondary N) is 1. The Morgan fingerprint density at radius 1 is 1.18 bits per heavy atom. The lowest BCUT2D eigenvalue weighted by Gasteiger charge is -2.56. The van der Waals surface area contributed by atoms with Crippen LogP contribution in [0.25, 0.3) is 0 Å². The summed E-state index contributed by atoms with van der Waals surface area (Å²) in [7, 11) is 3.86. The number of amides is 2. The van der Waals surface area contributed by atoms with Gasteiger partial charge >= 0.3 is 6.09 Å². The van der Waals surface area contributed by atoms with Crippen LogP contribution in [0.2, 0.25) is 0 Å². The monoisotopic (exact) mass is 678 g/mol. The summed E-state index contributed by atoms with van der Waals surface area (Å²) in [4.78, 5) is 59.5. The summed E-state index contributed by atoms with van der Waals surface area (Å²) in [6, 6.07) is 4.25. The van der Waals surface area contributed by atoms with E-state index in [0.29, 0.717) is 55.8 Å². The first-order valence-corrected chi connectivity index (χ1v) is 17.6. The minimum Gasteiger partial charge on any atom is -0.493 e.